The zero-order valence-electron chi connectivity index (χ0n) is 16.4. The molecule has 0 N–H and O–H groups in total. The fourth-order valence-electron chi connectivity index (χ4n) is 3.69. The molecule has 1 fully saturated rings. The normalized spacial score (nSPS) is 14.1. The fraction of sp³-hybridized carbons (Fsp3) is 0.364. The molecular formula is C22H22ClN3O3S. The molecule has 0 saturated heterocycles. The third-order valence-electron chi connectivity index (χ3n) is 5.18. The minimum Gasteiger partial charge on any atom is -0.335 e. The Bertz CT molecular complexity index is 953. The summed E-state index contributed by atoms with van der Waals surface area (Å²) in [6.07, 6.45) is 5.32. The van der Waals surface area contributed by atoms with Crippen LogP contribution in [0.5, 0.6) is 0 Å². The van der Waals surface area contributed by atoms with Crippen molar-refractivity contribution in [2.75, 3.05) is 6.54 Å². The third kappa shape index (κ3) is 5.53. The molecule has 6 nitrogen and oxygen atoms in total. The Morgan fingerprint density at radius 1 is 1.20 bits per heavy atom. The molecule has 0 unspecified atom stereocenters. The molecule has 1 aliphatic carbocycles. The lowest BCUT2D eigenvalue weighted by atomic mass is 9.93. The van der Waals surface area contributed by atoms with Crippen molar-refractivity contribution in [3.63, 3.8) is 0 Å². The highest BCUT2D eigenvalue weighted by molar-refractivity contribution is 7.99. The maximum Gasteiger partial charge on any atom is 0.284 e. The molecule has 0 aromatic heterocycles. The van der Waals surface area contributed by atoms with E-state index in [1.807, 2.05) is 0 Å². The molecule has 0 heterocycles. The van der Waals surface area contributed by atoms with Gasteiger partial charge in [-0.1, -0.05) is 42.6 Å². The Balaban J connectivity index is 1.87. The van der Waals surface area contributed by atoms with Crippen LogP contribution in [0.2, 0.25) is 5.02 Å². The minimum atomic E-state index is -0.463. The van der Waals surface area contributed by atoms with Crippen molar-refractivity contribution < 1.29 is 9.72 Å². The lowest BCUT2D eigenvalue weighted by Crippen LogP contribution is -2.42. The van der Waals surface area contributed by atoms with Gasteiger partial charge in [0.2, 0.25) is 0 Å². The summed E-state index contributed by atoms with van der Waals surface area (Å²) in [4.78, 5) is 27.4. The molecular weight excluding hydrogens is 422 g/mol. The Hall–Kier alpha value is -2.56. The van der Waals surface area contributed by atoms with Crippen LogP contribution >= 0.6 is 23.4 Å². The average Bonchev–Trinajstić information content (AvgIpc) is 2.76. The molecule has 2 aromatic carbocycles. The molecule has 1 amide bonds. The van der Waals surface area contributed by atoms with Gasteiger partial charge in [0, 0.05) is 34.1 Å². The Kier molecular flexibility index (Phi) is 7.72. The van der Waals surface area contributed by atoms with Crippen molar-refractivity contribution in [3.05, 3.63) is 63.2 Å². The van der Waals surface area contributed by atoms with Crippen LogP contribution in [-0.2, 0) is 0 Å². The second kappa shape index (κ2) is 10.5. The van der Waals surface area contributed by atoms with Crippen LogP contribution in [0.15, 0.2) is 52.3 Å². The van der Waals surface area contributed by atoms with E-state index in [-0.39, 0.29) is 29.6 Å². The van der Waals surface area contributed by atoms with E-state index in [1.54, 1.807) is 41.3 Å². The first-order chi connectivity index (χ1) is 14.5. The lowest BCUT2D eigenvalue weighted by Gasteiger charge is -2.34. The first kappa shape index (κ1) is 22.1. The number of nitrogens with zero attached hydrogens (tertiary/aromatic N) is 3. The van der Waals surface area contributed by atoms with E-state index in [2.05, 4.69) is 6.07 Å². The van der Waals surface area contributed by atoms with E-state index in [4.69, 9.17) is 16.9 Å². The summed E-state index contributed by atoms with van der Waals surface area (Å²) in [6.45, 7) is 0.342. The predicted octanol–water partition coefficient (Wildman–Crippen LogP) is 6.09. The molecule has 0 spiro atoms. The average molecular weight is 444 g/mol. The third-order valence-corrected chi connectivity index (χ3v) is 6.51. The van der Waals surface area contributed by atoms with Gasteiger partial charge < -0.3 is 4.90 Å². The van der Waals surface area contributed by atoms with E-state index < -0.39 is 4.92 Å². The van der Waals surface area contributed by atoms with Crippen LogP contribution in [0.4, 0.5) is 5.69 Å². The fourth-order valence-corrected chi connectivity index (χ4v) is 4.71. The largest absolute Gasteiger partial charge is 0.335 e. The number of amides is 1. The van der Waals surface area contributed by atoms with Gasteiger partial charge >= 0.3 is 0 Å². The number of nitro benzene ring substituents is 1. The quantitative estimate of drug-likeness (QED) is 0.381. The monoisotopic (exact) mass is 443 g/mol. The van der Waals surface area contributed by atoms with Crippen LogP contribution in [-0.4, -0.2) is 28.3 Å². The number of benzene rings is 2. The van der Waals surface area contributed by atoms with E-state index in [9.17, 15) is 14.9 Å². The highest BCUT2D eigenvalue weighted by atomic mass is 35.5. The number of nitriles is 1. The standard InChI is InChI=1S/C22H22ClN3O3S/c23-17-8-10-19(11-9-17)30-21-12-7-16(15-20(21)26(28)29)22(27)25(14-4-13-24)18-5-2-1-3-6-18/h7-12,15,18H,1-6,14H2. The van der Waals surface area contributed by atoms with Gasteiger partial charge in [-0.3, -0.25) is 14.9 Å². The van der Waals surface area contributed by atoms with Crippen LogP contribution in [0.1, 0.15) is 48.9 Å². The lowest BCUT2D eigenvalue weighted by molar-refractivity contribution is -0.387. The van der Waals surface area contributed by atoms with E-state index in [0.29, 0.717) is 16.5 Å². The number of nitro groups is 1. The Labute approximate surface area is 185 Å². The number of rotatable bonds is 7. The topological polar surface area (TPSA) is 87.2 Å². The van der Waals surface area contributed by atoms with E-state index in [0.717, 1.165) is 37.0 Å². The second-order valence-corrected chi connectivity index (χ2v) is 8.75. The summed E-state index contributed by atoms with van der Waals surface area (Å²) in [6, 6.07) is 13.8. The van der Waals surface area contributed by atoms with Crippen molar-refractivity contribution in [2.24, 2.45) is 0 Å². The van der Waals surface area contributed by atoms with Crippen molar-refractivity contribution in [1.82, 2.24) is 4.90 Å². The highest BCUT2D eigenvalue weighted by Crippen LogP contribution is 2.36. The molecule has 30 heavy (non-hydrogen) atoms. The van der Waals surface area contributed by atoms with Crippen molar-refractivity contribution >= 4 is 35.0 Å². The van der Waals surface area contributed by atoms with Gasteiger partial charge in [-0.25, -0.2) is 0 Å². The number of hydrogen-bond donors (Lipinski definition) is 0. The van der Waals surface area contributed by atoms with Crippen LogP contribution in [0, 0.1) is 21.4 Å². The second-order valence-electron chi connectivity index (χ2n) is 7.19. The molecule has 1 aliphatic rings. The maximum atomic E-state index is 13.2. The molecule has 0 atom stereocenters. The number of halogens is 1. The zero-order valence-corrected chi connectivity index (χ0v) is 18.0. The molecule has 0 radical (unpaired) electrons. The molecule has 2 aromatic rings. The van der Waals surface area contributed by atoms with Gasteiger partial charge in [-0.05, 0) is 49.2 Å². The van der Waals surface area contributed by atoms with E-state index >= 15 is 0 Å². The molecule has 0 aliphatic heterocycles. The molecule has 0 bridgehead atoms. The van der Waals surface area contributed by atoms with Gasteiger partial charge in [-0.2, -0.15) is 5.26 Å². The van der Waals surface area contributed by atoms with Crippen LogP contribution in [0.3, 0.4) is 0 Å². The van der Waals surface area contributed by atoms with Gasteiger partial charge in [0.15, 0.2) is 0 Å². The van der Waals surface area contributed by atoms with Crippen LogP contribution in [0.25, 0.3) is 0 Å². The number of carbonyl (C=O) groups excluding carboxylic acids is 1. The number of hydrogen-bond acceptors (Lipinski definition) is 5. The first-order valence-electron chi connectivity index (χ1n) is 9.89. The SMILES string of the molecule is N#CCCN(C(=O)c1ccc(Sc2ccc(Cl)cc2)c([N+](=O)[O-])c1)C1CCCCC1. The summed E-state index contributed by atoms with van der Waals surface area (Å²) in [5.41, 5.74) is 0.176. The van der Waals surface area contributed by atoms with E-state index in [1.165, 1.54) is 17.8 Å². The van der Waals surface area contributed by atoms with Crippen LogP contribution < -0.4 is 0 Å². The van der Waals surface area contributed by atoms with Crippen molar-refractivity contribution in [1.29, 1.82) is 5.26 Å². The maximum absolute atomic E-state index is 13.2. The minimum absolute atomic E-state index is 0.0850. The zero-order chi connectivity index (χ0) is 21.5. The summed E-state index contributed by atoms with van der Waals surface area (Å²) in [5, 5.41) is 21.3. The molecule has 1 saturated carbocycles. The molecule has 8 heteroatoms. The highest BCUT2D eigenvalue weighted by Gasteiger charge is 2.27. The van der Waals surface area contributed by atoms with Crippen molar-refractivity contribution in [3.8, 4) is 6.07 Å². The van der Waals surface area contributed by atoms with Gasteiger partial charge in [0.05, 0.1) is 22.3 Å². The molecule has 3 rings (SSSR count). The predicted molar refractivity (Wildman–Crippen MR) is 117 cm³/mol. The first-order valence-corrected chi connectivity index (χ1v) is 11.1. The van der Waals surface area contributed by atoms with Gasteiger partial charge in [0.25, 0.3) is 11.6 Å². The summed E-state index contributed by atoms with van der Waals surface area (Å²) in [5.74, 6) is -0.247. The smallest absolute Gasteiger partial charge is 0.284 e. The van der Waals surface area contributed by atoms with Gasteiger partial charge in [0.1, 0.15) is 0 Å². The Morgan fingerprint density at radius 3 is 2.53 bits per heavy atom. The summed E-state index contributed by atoms with van der Waals surface area (Å²) < 4.78 is 0. The summed E-state index contributed by atoms with van der Waals surface area (Å²) in [7, 11) is 0. The summed E-state index contributed by atoms with van der Waals surface area (Å²) >= 11 is 7.16. The number of carbonyl (C=O) groups is 1. The molecule has 156 valence electrons. The Morgan fingerprint density at radius 2 is 1.90 bits per heavy atom. The van der Waals surface area contributed by atoms with Gasteiger partial charge in [-0.15, -0.1) is 0 Å². The van der Waals surface area contributed by atoms with Crippen molar-refractivity contribution in [2.45, 2.75) is 54.4 Å².